The minimum atomic E-state index is -0.682. The number of carbonyl (C=O) groups is 3. The standard InChI is InChI=1S/C21H23N5O5S2/c1-5-31-13-8-6-12(7-9-13)18-24-25-21(26(18)3)32-10-14(27)23-19-15(20(29)30-4)11(2)16(33-19)17(22)28/h6-9H,5,10H2,1-4H3,(H2,22,28)(H,23,27). The Hall–Kier alpha value is -3.38. The summed E-state index contributed by atoms with van der Waals surface area (Å²) in [6.07, 6.45) is 0. The lowest BCUT2D eigenvalue weighted by Gasteiger charge is -2.07. The van der Waals surface area contributed by atoms with Gasteiger partial charge in [-0.1, -0.05) is 11.8 Å². The first-order chi connectivity index (χ1) is 15.8. The smallest absolute Gasteiger partial charge is 0.341 e. The van der Waals surface area contributed by atoms with Gasteiger partial charge in [-0.05, 0) is 43.7 Å². The summed E-state index contributed by atoms with van der Waals surface area (Å²) in [7, 11) is 3.03. The Kier molecular flexibility index (Phi) is 7.71. The number of thioether (sulfide) groups is 1. The number of thiophene rings is 1. The van der Waals surface area contributed by atoms with Gasteiger partial charge in [-0.2, -0.15) is 0 Å². The molecule has 0 saturated carbocycles. The third kappa shape index (κ3) is 5.34. The molecular formula is C21H23N5O5S2. The van der Waals surface area contributed by atoms with Gasteiger partial charge in [0, 0.05) is 12.6 Å². The van der Waals surface area contributed by atoms with Gasteiger partial charge >= 0.3 is 5.97 Å². The van der Waals surface area contributed by atoms with E-state index in [9.17, 15) is 14.4 Å². The van der Waals surface area contributed by atoms with Crippen LogP contribution in [0.2, 0.25) is 0 Å². The lowest BCUT2D eigenvalue weighted by atomic mass is 10.1. The molecule has 2 amide bonds. The van der Waals surface area contributed by atoms with Crippen molar-refractivity contribution in [3.05, 3.63) is 40.3 Å². The van der Waals surface area contributed by atoms with Gasteiger partial charge in [0.15, 0.2) is 11.0 Å². The van der Waals surface area contributed by atoms with Crippen molar-refractivity contribution in [3.8, 4) is 17.1 Å². The summed E-state index contributed by atoms with van der Waals surface area (Å²) < 4.78 is 12.0. The second kappa shape index (κ2) is 10.5. The summed E-state index contributed by atoms with van der Waals surface area (Å²) in [5, 5.41) is 11.8. The number of primary amides is 1. The van der Waals surface area contributed by atoms with Crippen LogP contribution in [0, 0.1) is 6.92 Å². The number of hydrogen-bond acceptors (Lipinski definition) is 9. The largest absolute Gasteiger partial charge is 0.494 e. The van der Waals surface area contributed by atoms with Gasteiger partial charge in [-0.3, -0.25) is 9.59 Å². The molecule has 33 heavy (non-hydrogen) atoms. The van der Waals surface area contributed by atoms with Crippen molar-refractivity contribution in [1.29, 1.82) is 0 Å². The monoisotopic (exact) mass is 489 g/mol. The molecular weight excluding hydrogens is 466 g/mol. The van der Waals surface area contributed by atoms with Crippen LogP contribution in [0.15, 0.2) is 29.4 Å². The summed E-state index contributed by atoms with van der Waals surface area (Å²) in [6.45, 7) is 4.08. The zero-order chi connectivity index (χ0) is 24.1. The molecule has 0 unspecified atom stereocenters. The van der Waals surface area contributed by atoms with Gasteiger partial charge < -0.3 is 25.1 Å². The molecule has 2 aromatic heterocycles. The van der Waals surface area contributed by atoms with Crippen molar-refractivity contribution in [1.82, 2.24) is 14.8 Å². The number of ether oxygens (including phenoxy) is 2. The molecule has 1 aromatic carbocycles. The van der Waals surface area contributed by atoms with Crippen LogP contribution in [-0.4, -0.2) is 52.0 Å². The van der Waals surface area contributed by atoms with Crippen molar-refractivity contribution in [3.63, 3.8) is 0 Å². The van der Waals surface area contributed by atoms with Gasteiger partial charge in [-0.15, -0.1) is 21.5 Å². The average Bonchev–Trinajstić information content (AvgIpc) is 3.32. The highest BCUT2D eigenvalue weighted by Crippen LogP contribution is 2.33. The number of nitrogens with one attached hydrogen (secondary N) is 1. The van der Waals surface area contributed by atoms with Crippen molar-refractivity contribution >= 4 is 45.9 Å². The van der Waals surface area contributed by atoms with Crippen LogP contribution in [0.25, 0.3) is 11.4 Å². The van der Waals surface area contributed by atoms with E-state index in [0.717, 1.165) is 22.6 Å². The average molecular weight is 490 g/mol. The summed E-state index contributed by atoms with van der Waals surface area (Å²) in [6, 6.07) is 7.49. The number of methoxy groups -OCH3 is 1. The number of benzene rings is 1. The van der Waals surface area contributed by atoms with E-state index in [1.54, 1.807) is 11.5 Å². The molecule has 10 nitrogen and oxygen atoms in total. The first kappa shape index (κ1) is 24.3. The number of amides is 2. The molecule has 3 aromatic rings. The predicted molar refractivity (Wildman–Crippen MR) is 126 cm³/mol. The second-order valence-corrected chi connectivity index (χ2v) is 8.74. The fourth-order valence-corrected chi connectivity index (χ4v) is 4.81. The summed E-state index contributed by atoms with van der Waals surface area (Å²) in [5.74, 6) is -0.296. The van der Waals surface area contributed by atoms with E-state index in [2.05, 4.69) is 15.5 Å². The molecule has 0 atom stereocenters. The van der Waals surface area contributed by atoms with Crippen molar-refractivity contribution in [2.45, 2.75) is 19.0 Å². The maximum absolute atomic E-state index is 12.6. The van der Waals surface area contributed by atoms with Gasteiger partial charge in [-0.25, -0.2) is 4.79 Å². The number of aromatic nitrogens is 3. The molecule has 0 fully saturated rings. The Labute approximate surface area is 198 Å². The zero-order valence-corrected chi connectivity index (χ0v) is 20.1. The minimum absolute atomic E-state index is 0.0126. The normalized spacial score (nSPS) is 10.7. The fourth-order valence-electron chi connectivity index (χ4n) is 3.04. The molecule has 0 radical (unpaired) electrons. The topological polar surface area (TPSA) is 138 Å². The third-order valence-electron chi connectivity index (χ3n) is 4.60. The Morgan fingerprint density at radius 2 is 1.91 bits per heavy atom. The van der Waals surface area contributed by atoms with Crippen LogP contribution in [0.5, 0.6) is 5.75 Å². The van der Waals surface area contributed by atoms with E-state index < -0.39 is 11.9 Å². The Bertz CT molecular complexity index is 1190. The number of rotatable bonds is 9. The molecule has 0 aliphatic carbocycles. The molecule has 0 spiro atoms. The van der Waals surface area contributed by atoms with Gasteiger partial charge in [0.05, 0.1) is 29.9 Å². The molecule has 0 aliphatic heterocycles. The first-order valence-electron chi connectivity index (χ1n) is 9.83. The Balaban J connectivity index is 1.70. The number of hydrogen-bond donors (Lipinski definition) is 2. The number of esters is 1. The Morgan fingerprint density at radius 1 is 1.21 bits per heavy atom. The zero-order valence-electron chi connectivity index (χ0n) is 18.5. The highest BCUT2D eigenvalue weighted by Gasteiger charge is 2.25. The summed E-state index contributed by atoms with van der Waals surface area (Å²) in [4.78, 5) is 36.5. The van der Waals surface area contributed by atoms with Crippen LogP contribution in [0.3, 0.4) is 0 Å². The van der Waals surface area contributed by atoms with Gasteiger partial charge in [0.2, 0.25) is 5.91 Å². The van der Waals surface area contributed by atoms with Crippen LogP contribution >= 0.6 is 23.1 Å². The summed E-state index contributed by atoms with van der Waals surface area (Å²) >= 11 is 2.12. The fraction of sp³-hybridized carbons (Fsp3) is 0.286. The molecule has 3 N–H and O–H groups in total. The van der Waals surface area contributed by atoms with E-state index in [0.29, 0.717) is 23.2 Å². The predicted octanol–water partition coefficient (Wildman–Crippen LogP) is 2.87. The van der Waals surface area contributed by atoms with Gasteiger partial charge in [0.1, 0.15) is 10.8 Å². The van der Waals surface area contributed by atoms with Crippen LogP contribution < -0.4 is 15.8 Å². The van der Waals surface area contributed by atoms with E-state index in [1.807, 2.05) is 38.2 Å². The number of anilines is 1. The van der Waals surface area contributed by atoms with Crippen molar-refractivity contribution in [2.24, 2.45) is 12.8 Å². The number of nitrogens with two attached hydrogens (primary N) is 1. The molecule has 3 rings (SSSR count). The van der Waals surface area contributed by atoms with E-state index in [4.69, 9.17) is 15.2 Å². The van der Waals surface area contributed by atoms with Crippen molar-refractivity contribution in [2.75, 3.05) is 24.8 Å². The van der Waals surface area contributed by atoms with Crippen LogP contribution in [0.1, 0.15) is 32.5 Å². The van der Waals surface area contributed by atoms with E-state index >= 15 is 0 Å². The maximum Gasteiger partial charge on any atom is 0.341 e. The molecule has 0 saturated heterocycles. The van der Waals surface area contributed by atoms with Crippen molar-refractivity contribution < 1.29 is 23.9 Å². The number of nitrogens with zero attached hydrogens (tertiary/aromatic N) is 3. The minimum Gasteiger partial charge on any atom is -0.494 e. The second-order valence-electron chi connectivity index (χ2n) is 6.78. The first-order valence-corrected chi connectivity index (χ1v) is 11.6. The molecule has 2 heterocycles. The quantitative estimate of drug-likeness (QED) is 0.346. The highest BCUT2D eigenvalue weighted by molar-refractivity contribution is 7.99. The molecule has 0 aliphatic rings. The lowest BCUT2D eigenvalue weighted by molar-refractivity contribution is -0.113. The Morgan fingerprint density at radius 3 is 2.52 bits per heavy atom. The van der Waals surface area contributed by atoms with Crippen LogP contribution in [-0.2, 0) is 16.6 Å². The SMILES string of the molecule is CCOc1ccc(-c2nnc(SCC(=O)Nc3sc(C(N)=O)c(C)c3C(=O)OC)n2C)cc1. The van der Waals surface area contributed by atoms with Crippen LogP contribution in [0.4, 0.5) is 5.00 Å². The summed E-state index contributed by atoms with van der Waals surface area (Å²) in [5.41, 5.74) is 6.72. The maximum atomic E-state index is 12.6. The van der Waals surface area contributed by atoms with E-state index in [1.165, 1.54) is 18.9 Å². The van der Waals surface area contributed by atoms with E-state index in [-0.39, 0.29) is 27.1 Å². The van der Waals surface area contributed by atoms with Gasteiger partial charge in [0.25, 0.3) is 5.91 Å². The molecule has 174 valence electrons. The third-order valence-corrected chi connectivity index (χ3v) is 6.85. The number of carbonyl (C=O) groups excluding carboxylic acids is 3. The lowest BCUT2D eigenvalue weighted by Crippen LogP contribution is -2.16. The highest BCUT2D eigenvalue weighted by atomic mass is 32.2. The molecule has 0 bridgehead atoms. The molecule has 12 heteroatoms.